The zero-order chi connectivity index (χ0) is 16.0. The Kier molecular flexibility index (Phi) is 5.88. The van der Waals surface area contributed by atoms with Crippen molar-refractivity contribution in [3.8, 4) is 11.8 Å². The number of rotatable bonds is 3. The van der Waals surface area contributed by atoms with Gasteiger partial charge < -0.3 is 16.0 Å². The molecule has 0 bridgehead atoms. The summed E-state index contributed by atoms with van der Waals surface area (Å²) in [5.74, 6) is 4.01. The zero-order valence-electron chi connectivity index (χ0n) is 12.2. The van der Waals surface area contributed by atoms with Crippen molar-refractivity contribution in [2.45, 2.75) is 13.0 Å². The first-order chi connectivity index (χ1) is 9.86. The first-order valence-corrected chi connectivity index (χ1v) is 6.37. The second-order valence-corrected chi connectivity index (χ2v) is 4.62. The third-order valence-electron chi connectivity index (χ3n) is 2.71. The van der Waals surface area contributed by atoms with Gasteiger partial charge in [0.05, 0.1) is 12.1 Å². The Morgan fingerprint density at radius 2 is 2.10 bits per heavy atom. The smallest absolute Gasteiger partial charge is 0.253 e. The van der Waals surface area contributed by atoms with Gasteiger partial charge in [-0.25, -0.2) is 4.39 Å². The van der Waals surface area contributed by atoms with E-state index in [9.17, 15) is 14.0 Å². The van der Waals surface area contributed by atoms with Crippen molar-refractivity contribution in [1.82, 2.24) is 10.2 Å². The lowest BCUT2D eigenvalue weighted by atomic mass is 10.1. The summed E-state index contributed by atoms with van der Waals surface area (Å²) in [6.45, 7) is 1.68. The van der Waals surface area contributed by atoms with Crippen LogP contribution in [0, 0.1) is 17.7 Å². The fourth-order valence-corrected chi connectivity index (χ4v) is 1.69. The molecule has 0 aromatic heterocycles. The number of nitrogens with two attached hydrogens (primary N) is 1. The number of halogens is 1. The minimum Gasteiger partial charge on any atom is -0.347 e. The molecular weight excluding hydrogens is 273 g/mol. The first-order valence-electron chi connectivity index (χ1n) is 6.37. The van der Waals surface area contributed by atoms with Crippen LogP contribution in [0.5, 0.6) is 0 Å². The second kappa shape index (κ2) is 7.41. The molecule has 3 N–H and O–H groups in total. The van der Waals surface area contributed by atoms with Crippen molar-refractivity contribution in [2.24, 2.45) is 5.73 Å². The van der Waals surface area contributed by atoms with Crippen LogP contribution in [0.3, 0.4) is 0 Å². The molecule has 1 atom stereocenters. The quantitative estimate of drug-likeness (QED) is 0.789. The topological polar surface area (TPSA) is 75.4 Å². The van der Waals surface area contributed by atoms with Crippen molar-refractivity contribution >= 4 is 11.8 Å². The molecule has 5 nitrogen and oxygen atoms in total. The van der Waals surface area contributed by atoms with Gasteiger partial charge in [-0.1, -0.05) is 11.8 Å². The van der Waals surface area contributed by atoms with E-state index in [2.05, 4.69) is 17.2 Å². The van der Waals surface area contributed by atoms with Gasteiger partial charge in [-0.05, 0) is 25.1 Å². The summed E-state index contributed by atoms with van der Waals surface area (Å²) in [5, 5.41) is 2.56. The summed E-state index contributed by atoms with van der Waals surface area (Å²) >= 11 is 0. The fraction of sp³-hybridized carbons (Fsp3) is 0.333. The second-order valence-electron chi connectivity index (χ2n) is 4.62. The predicted octanol–water partition coefficient (Wildman–Crippen LogP) is 0.342. The van der Waals surface area contributed by atoms with Gasteiger partial charge in [0.1, 0.15) is 11.9 Å². The van der Waals surface area contributed by atoms with E-state index in [1.807, 2.05) is 0 Å². The van der Waals surface area contributed by atoms with E-state index in [0.717, 1.165) is 6.07 Å². The van der Waals surface area contributed by atoms with E-state index < -0.39 is 17.8 Å². The summed E-state index contributed by atoms with van der Waals surface area (Å²) in [6.07, 6.45) is 0. The van der Waals surface area contributed by atoms with Gasteiger partial charge in [-0.3, -0.25) is 9.59 Å². The predicted molar refractivity (Wildman–Crippen MR) is 78.0 cm³/mol. The minimum atomic E-state index is -0.687. The number of carbonyl (C=O) groups excluding carboxylic acids is 2. The number of hydrogen-bond acceptors (Lipinski definition) is 3. The van der Waals surface area contributed by atoms with E-state index in [1.165, 1.54) is 17.0 Å². The third-order valence-corrected chi connectivity index (χ3v) is 2.71. The van der Waals surface area contributed by atoms with Gasteiger partial charge in [-0.15, -0.1) is 0 Å². The largest absolute Gasteiger partial charge is 0.347 e. The molecule has 0 fully saturated rings. The van der Waals surface area contributed by atoms with Crippen LogP contribution in [0.2, 0.25) is 0 Å². The number of benzene rings is 1. The molecule has 1 aromatic rings. The molecule has 0 saturated heterocycles. The van der Waals surface area contributed by atoms with Crippen LogP contribution >= 0.6 is 0 Å². The average Bonchev–Trinajstić information content (AvgIpc) is 2.43. The summed E-state index contributed by atoms with van der Waals surface area (Å²) in [6, 6.07) is 2.97. The first kappa shape index (κ1) is 16.7. The normalized spacial score (nSPS) is 11.1. The van der Waals surface area contributed by atoms with Crippen molar-refractivity contribution in [2.75, 3.05) is 20.6 Å². The average molecular weight is 291 g/mol. The molecule has 2 amide bonds. The molecule has 0 saturated carbocycles. The molecule has 1 aromatic carbocycles. The van der Waals surface area contributed by atoms with Gasteiger partial charge in [0, 0.05) is 19.7 Å². The summed E-state index contributed by atoms with van der Waals surface area (Å²) in [7, 11) is 3.20. The van der Waals surface area contributed by atoms with E-state index in [1.54, 1.807) is 21.0 Å². The minimum absolute atomic E-state index is 0.104. The van der Waals surface area contributed by atoms with Crippen LogP contribution in [0.15, 0.2) is 18.2 Å². The number of likely N-dealkylation sites (N-methyl/N-ethyl adjacent to an activating group) is 1. The summed E-state index contributed by atoms with van der Waals surface area (Å²) in [4.78, 5) is 25.3. The Morgan fingerprint density at radius 1 is 1.43 bits per heavy atom. The van der Waals surface area contributed by atoms with Crippen LogP contribution < -0.4 is 11.1 Å². The zero-order valence-corrected chi connectivity index (χ0v) is 12.2. The molecule has 0 aliphatic heterocycles. The summed E-state index contributed by atoms with van der Waals surface area (Å²) in [5.41, 5.74) is 5.72. The van der Waals surface area contributed by atoms with Crippen molar-refractivity contribution in [1.29, 1.82) is 0 Å². The fourth-order valence-electron chi connectivity index (χ4n) is 1.69. The monoisotopic (exact) mass is 291 g/mol. The Morgan fingerprint density at radius 3 is 2.67 bits per heavy atom. The van der Waals surface area contributed by atoms with Gasteiger partial charge in [-0.2, -0.15) is 0 Å². The van der Waals surface area contributed by atoms with Crippen molar-refractivity contribution in [3.63, 3.8) is 0 Å². The molecule has 0 radical (unpaired) electrons. The van der Waals surface area contributed by atoms with Crippen molar-refractivity contribution in [3.05, 3.63) is 35.1 Å². The Labute approximate surface area is 123 Å². The number of carbonyl (C=O) groups is 2. The SMILES string of the molecule is CC(NC(=O)c1ccc(F)cc1C#CCN)C(=O)N(C)C. The molecule has 0 aliphatic carbocycles. The van der Waals surface area contributed by atoms with E-state index in [-0.39, 0.29) is 23.6 Å². The maximum absolute atomic E-state index is 13.2. The van der Waals surface area contributed by atoms with Crippen LogP contribution in [0.4, 0.5) is 4.39 Å². The third kappa shape index (κ3) is 4.58. The van der Waals surface area contributed by atoms with E-state index in [0.29, 0.717) is 0 Å². The lowest BCUT2D eigenvalue weighted by Gasteiger charge is -2.18. The van der Waals surface area contributed by atoms with Gasteiger partial charge >= 0.3 is 0 Å². The molecule has 0 aliphatic rings. The standard InChI is InChI=1S/C15H18FN3O2/c1-10(15(21)19(2)3)18-14(20)13-7-6-12(16)9-11(13)5-4-8-17/h6-7,9-10H,8,17H2,1-3H3,(H,18,20). The molecule has 0 heterocycles. The highest BCUT2D eigenvalue weighted by molar-refractivity contribution is 5.99. The van der Waals surface area contributed by atoms with Crippen LogP contribution in [0.25, 0.3) is 0 Å². The molecular formula is C15H18FN3O2. The van der Waals surface area contributed by atoms with Crippen molar-refractivity contribution < 1.29 is 14.0 Å². The maximum Gasteiger partial charge on any atom is 0.253 e. The molecule has 0 spiro atoms. The highest BCUT2D eigenvalue weighted by Crippen LogP contribution is 2.11. The molecule has 1 unspecified atom stereocenters. The summed E-state index contributed by atoms with van der Waals surface area (Å²) < 4.78 is 13.2. The Bertz CT molecular complexity index is 603. The van der Waals surface area contributed by atoms with E-state index >= 15 is 0 Å². The molecule has 21 heavy (non-hydrogen) atoms. The highest BCUT2D eigenvalue weighted by Gasteiger charge is 2.19. The van der Waals surface area contributed by atoms with Gasteiger partial charge in [0.2, 0.25) is 5.91 Å². The molecule has 6 heteroatoms. The molecule has 112 valence electrons. The maximum atomic E-state index is 13.2. The lowest BCUT2D eigenvalue weighted by Crippen LogP contribution is -2.44. The van der Waals surface area contributed by atoms with Crippen LogP contribution in [-0.2, 0) is 4.79 Å². The van der Waals surface area contributed by atoms with Crippen LogP contribution in [0.1, 0.15) is 22.8 Å². The number of nitrogens with zero attached hydrogens (tertiary/aromatic N) is 1. The molecule has 1 rings (SSSR count). The lowest BCUT2D eigenvalue weighted by molar-refractivity contribution is -0.130. The Balaban J connectivity index is 3.00. The number of amides is 2. The van der Waals surface area contributed by atoms with Crippen LogP contribution in [-0.4, -0.2) is 43.4 Å². The Hall–Kier alpha value is -2.39. The highest BCUT2D eigenvalue weighted by atomic mass is 19.1. The number of nitrogens with one attached hydrogen (secondary N) is 1. The van der Waals surface area contributed by atoms with E-state index in [4.69, 9.17) is 5.73 Å². The van der Waals surface area contributed by atoms with Gasteiger partial charge in [0.15, 0.2) is 0 Å². The van der Waals surface area contributed by atoms with Gasteiger partial charge in [0.25, 0.3) is 5.91 Å². The number of hydrogen-bond donors (Lipinski definition) is 2.